The van der Waals surface area contributed by atoms with E-state index in [4.69, 9.17) is 0 Å². The molecule has 0 spiro atoms. The first-order valence-corrected chi connectivity index (χ1v) is 5.68. The lowest BCUT2D eigenvalue weighted by Gasteiger charge is -2.07. The predicted molar refractivity (Wildman–Crippen MR) is 70.0 cm³/mol. The number of rotatable bonds is 2. The second-order valence-corrected chi connectivity index (χ2v) is 4.42. The number of hydrogen-bond donors (Lipinski definition) is 1. The lowest BCUT2D eigenvalue weighted by atomic mass is 10.1. The Kier molecular flexibility index (Phi) is 2.90. The van der Waals surface area contributed by atoms with Crippen LogP contribution in [0.3, 0.4) is 0 Å². The summed E-state index contributed by atoms with van der Waals surface area (Å²) in [6.45, 7) is 3.73. The van der Waals surface area contributed by atoms with E-state index in [0.29, 0.717) is 5.52 Å². The second-order valence-electron chi connectivity index (χ2n) is 3.26. The molecule has 0 unspecified atom stereocenters. The number of phenols is 1. The molecule has 1 aromatic heterocycles. The summed E-state index contributed by atoms with van der Waals surface area (Å²) < 4.78 is 0.829. The molecule has 0 saturated carbocycles. The Bertz CT molecular complexity index is 522. The van der Waals surface area contributed by atoms with Crippen molar-refractivity contribution in [1.82, 2.24) is 4.98 Å². The Labute approximate surface area is 102 Å². The fraction of sp³-hybridized carbons (Fsp3) is 0.0833. The van der Waals surface area contributed by atoms with Gasteiger partial charge in [0.25, 0.3) is 0 Å². The van der Waals surface area contributed by atoms with Gasteiger partial charge in [-0.3, -0.25) is 4.98 Å². The van der Waals surface area contributed by atoms with Crippen LogP contribution in [0.25, 0.3) is 10.9 Å². The number of halogens is 1. The minimum atomic E-state index is 0.263. The summed E-state index contributed by atoms with van der Waals surface area (Å²) in [5, 5.41) is 10.9. The molecular weight excluding hydrogens is 301 g/mol. The van der Waals surface area contributed by atoms with Crippen molar-refractivity contribution in [2.45, 2.75) is 6.42 Å². The Hall–Kier alpha value is -1.10. The minimum absolute atomic E-state index is 0.263. The van der Waals surface area contributed by atoms with Gasteiger partial charge in [-0.15, -0.1) is 6.58 Å². The smallest absolute Gasteiger partial charge is 0.155 e. The number of aromatic nitrogens is 1. The quantitative estimate of drug-likeness (QED) is 0.682. The zero-order valence-electron chi connectivity index (χ0n) is 8.07. The van der Waals surface area contributed by atoms with Crippen LogP contribution in [0.4, 0.5) is 0 Å². The zero-order chi connectivity index (χ0) is 10.8. The van der Waals surface area contributed by atoms with E-state index < -0.39 is 0 Å². The summed E-state index contributed by atoms with van der Waals surface area (Å²) in [5.41, 5.74) is 1.82. The Morgan fingerprint density at radius 2 is 2.33 bits per heavy atom. The van der Waals surface area contributed by atoms with Crippen molar-refractivity contribution in [1.29, 1.82) is 0 Å². The Balaban J connectivity index is 2.81. The highest BCUT2D eigenvalue weighted by Gasteiger charge is 2.09. The first kappa shape index (κ1) is 10.4. The first-order valence-electron chi connectivity index (χ1n) is 4.60. The average molecular weight is 311 g/mol. The molecule has 2 aromatic rings. The highest BCUT2D eigenvalue weighted by Crippen LogP contribution is 2.31. The molecule has 2 rings (SSSR count). The molecule has 0 aliphatic heterocycles. The van der Waals surface area contributed by atoms with Crippen LogP contribution < -0.4 is 0 Å². The van der Waals surface area contributed by atoms with E-state index in [1.54, 1.807) is 6.20 Å². The summed E-state index contributed by atoms with van der Waals surface area (Å²) >= 11 is 2.11. The van der Waals surface area contributed by atoms with Gasteiger partial charge in [0.15, 0.2) is 5.75 Å². The fourth-order valence-electron chi connectivity index (χ4n) is 1.59. The predicted octanol–water partition coefficient (Wildman–Crippen LogP) is 3.27. The summed E-state index contributed by atoms with van der Waals surface area (Å²) in [6.07, 6.45) is 4.34. The second kappa shape index (κ2) is 4.18. The molecule has 2 nitrogen and oxygen atoms in total. The maximum absolute atomic E-state index is 9.86. The molecule has 0 radical (unpaired) electrons. The van der Waals surface area contributed by atoms with E-state index in [-0.39, 0.29) is 5.75 Å². The van der Waals surface area contributed by atoms with Gasteiger partial charge in [0.05, 0.1) is 3.57 Å². The molecule has 0 atom stereocenters. The highest BCUT2D eigenvalue weighted by atomic mass is 127. The van der Waals surface area contributed by atoms with Crippen LogP contribution in [0, 0.1) is 3.57 Å². The van der Waals surface area contributed by atoms with E-state index in [1.807, 2.05) is 24.3 Å². The van der Waals surface area contributed by atoms with E-state index >= 15 is 0 Å². The maximum Gasteiger partial charge on any atom is 0.155 e. The number of pyridine rings is 1. The van der Waals surface area contributed by atoms with E-state index in [1.165, 1.54) is 0 Å². The first-order chi connectivity index (χ1) is 7.24. The van der Waals surface area contributed by atoms with Gasteiger partial charge >= 0.3 is 0 Å². The van der Waals surface area contributed by atoms with E-state index in [9.17, 15) is 5.11 Å². The molecule has 1 N–H and O–H groups in total. The molecule has 0 aliphatic carbocycles. The summed E-state index contributed by atoms with van der Waals surface area (Å²) in [4.78, 5) is 4.20. The molecule has 3 heteroatoms. The third-order valence-corrected chi connectivity index (χ3v) is 3.09. The van der Waals surface area contributed by atoms with Crippen LogP contribution in [0.5, 0.6) is 5.75 Å². The zero-order valence-corrected chi connectivity index (χ0v) is 10.2. The van der Waals surface area contributed by atoms with Crippen LogP contribution in [-0.2, 0) is 6.42 Å². The largest absolute Gasteiger partial charge is 0.505 e. The van der Waals surface area contributed by atoms with Crippen LogP contribution in [-0.4, -0.2) is 10.1 Å². The molecule has 0 aliphatic rings. The number of allylic oxidation sites excluding steroid dienone is 1. The van der Waals surface area contributed by atoms with Gasteiger partial charge in [-0.1, -0.05) is 12.1 Å². The van der Waals surface area contributed by atoms with Crippen molar-refractivity contribution < 1.29 is 5.11 Å². The van der Waals surface area contributed by atoms with E-state index in [2.05, 4.69) is 34.2 Å². The number of aromatic hydroxyl groups is 1. The SMILES string of the molecule is C=CCc1cc(I)c(O)c2ncccc12. The van der Waals surface area contributed by atoms with Crippen molar-refractivity contribution in [2.75, 3.05) is 0 Å². The monoisotopic (exact) mass is 311 g/mol. The van der Waals surface area contributed by atoms with Crippen LogP contribution in [0.2, 0.25) is 0 Å². The number of phenolic OH excluding ortho intramolecular Hbond substituents is 1. The number of hydrogen-bond acceptors (Lipinski definition) is 2. The van der Waals surface area contributed by atoms with Gasteiger partial charge in [-0.05, 0) is 46.7 Å². The maximum atomic E-state index is 9.86. The summed E-state index contributed by atoms with van der Waals surface area (Å²) in [6, 6.07) is 5.82. The van der Waals surface area contributed by atoms with Gasteiger partial charge in [0.1, 0.15) is 5.52 Å². The molecule has 0 amide bonds. The van der Waals surface area contributed by atoms with Gasteiger partial charge in [0.2, 0.25) is 0 Å². The van der Waals surface area contributed by atoms with Gasteiger partial charge in [-0.25, -0.2) is 0 Å². The lowest BCUT2D eigenvalue weighted by molar-refractivity contribution is 0.476. The van der Waals surface area contributed by atoms with Gasteiger partial charge in [0, 0.05) is 11.6 Å². The van der Waals surface area contributed by atoms with Crippen molar-refractivity contribution in [3.05, 3.63) is 46.2 Å². The van der Waals surface area contributed by atoms with Crippen LogP contribution >= 0.6 is 22.6 Å². The summed E-state index contributed by atoms with van der Waals surface area (Å²) in [7, 11) is 0. The summed E-state index contributed by atoms with van der Waals surface area (Å²) in [5.74, 6) is 0.263. The Morgan fingerprint density at radius 3 is 3.07 bits per heavy atom. The Morgan fingerprint density at radius 1 is 1.53 bits per heavy atom. The normalized spacial score (nSPS) is 10.5. The van der Waals surface area contributed by atoms with E-state index in [0.717, 1.165) is 20.9 Å². The number of nitrogens with zero attached hydrogens (tertiary/aromatic N) is 1. The number of benzene rings is 1. The van der Waals surface area contributed by atoms with Crippen molar-refractivity contribution in [3.8, 4) is 5.75 Å². The molecule has 0 bridgehead atoms. The third-order valence-electron chi connectivity index (χ3n) is 2.27. The highest BCUT2D eigenvalue weighted by molar-refractivity contribution is 14.1. The fourth-order valence-corrected chi connectivity index (χ4v) is 2.22. The molecular formula is C12H10INO. The molecule has 1 aromatic carbocycles. The standard InChI is InChI=1S/C12H10INO/c1-2-4-8-7-10(13)12(15)11-9(8)5-3-6-14-11/h2-3,5-7,15H,1,4H2. The van der Waals surface area contributed by atoms with Crippen molar-refractivity contribution >= 4 is 33.5 Å². The van der Waals surface area contributed by atoms with Crippen LogP contribution in [0.15, 0.2) is 37.1 Å². The topological polar surface area (TPSA) is 33.1 Å². The number of fused-ring (bicyclic) bond motifs is 1. The average Bonchev–Trinajstić information content (AvgIpc) is 2.26. The third kappa shape index (κ3) is 1.84. The molecule has 76 valence electrons. The lowest BCUT2D eigenvalue weighted by Crippen LogP contribution is -1.89. The van der Waals surface area contributed by atoms with Gasteiger partial charge < -0.3 is 5.11 Å². The molecule has 1 heterocycles. The van der Waals surface area contributed by atoms with Gasteiger partial charge in [-0.2, -0.15) is 0 Å². The molecule has 15 heavy (non-hydrogen) atoms. The molecule has 0 fully saturated rings. The van der Waals surface area contributed by atoms with Crippen molar-refractivity contribution in [2.24, 2.45) is 0 Å². The molecule has 0 saturated heterocycles. The van der Waals surface area contributed by atoms with Crippen LogP contribution in [0.1, 0.15) is 5.56 Å². The van der Waals surface area contributed by atoms with Crippen molar-refractivity contribution in [3.63, 3.8) is 0 Å². The minimum Gasteiger partial charge on any atom is -0.505 e.